The average molecular weight is 539 g/mol. The van der Waals surface area contributed by atoms with Gasteiger partial charge in [0.25, 0.3) is 0 Å². The fourth-order valence-electron chi connectivity index (χ4n) is 4.61. The summed E-state index contributed by atoms with van der Waals surface area (Å²) in [7, 11) is 0. The van der Waals surface area contributed by atoms with Gasteiger partial charge in [0.1, 0.15) is 11.9 Å². The predicted molar refractivity (Wildman–Crippen MR) is 165 cm³/mol. The van der Waals surface area contributed by atoms with Gasteiger partial charge in [0.05, 0.1) is 18.5 Å². The summed E-state index contributed by atoms with van der Waals surface area (Å²) in [5, 5.41) is 2.76. The first kappa shape index (κ1) is 32.7. The van der Waals surface area contributed by atoms with Crippen molar-refractivity contribution in [2.45, 2.75) is 136 Å². The van der Waals surface area contributed by atoms with Crippen LogP contribution in [0.4, 0.5) is 10.5 Å². The van der Waals surface area contributed by atoms with Crippen molar-refractivity contribution < 1.29 is 14.3 Å². The monoisotopic (exact) mass is 538 g/mol. The maximum absolute atomic E-state index is 11.9. The Balaban J connectivity index is 1.47. The quantitative estimate of drug-likeness (QED) is 0.151. The number of carbonyl (C=O) groups is 1. The van der Waals surface area contributed by atoms with Crippen LogP contribution in [0, 0.1) is 0 Å². The predicted octanol–water partition coefficient (Wildman–Crippen LogP) is 10.7. The molecule has 1 atom stereocenters. The fourth-order valence-corrected chi connectivity index (χ4v) is 4.61. The summed E-state index contributed by atoms with van der Waals surface area (Å²) in [6.45, 7) is 6.89. The van der Waals surface area contributed by atoms with Crippen molar-refractivity contribution >= 4 is 11.8 Å². The molecule has 1 amide bonds. The van der Waals surface area contributed by atoms with Gasteiger partial charge in [-0.2, -0.15) is 0 Å². The van der Waals surface area contributed by atoms with E-state index in [1.165, 1.54) is 96.3 Å². The minimum absolute atomic E-state index is 0.0988. The van der Waals surface area contributed by atoms with Crippen LogP contribution < -0.4 is 10.1 Å². The summed E-state index contributed by atoms with van der Waals surface area (Å²) in [5.41, 5.74) is 2.56. The van der Waals surface area contributed by atoms with Crippen molar-refractivity contribution in [3.63, 3.8) is 0 Å². The summed E-state index contributed by atoms with van der Waals surface area (Å²) in [4.78, 5) is 16.4. The molecule has 2 rings (SSSR count). The van der Waals surface area contributed by atoms with Crippen molar-refractivity contribution in [1.29, 1.82) is 0 Å². The molecule has 0 spiro atoms. The Labute approximate surface area is 238 Å². The van der Waals surface area contributed by atoms with Crippen molar-refractivity contribution in [1.82, 2.24) is 4.98 Å². The summed E-state index contributed by atoms with van der Waals surface area (Å²) < 4.78 is 11.1. The summed E-state index contributed by atoms with van der Waals surface area (Å²) in [6, 6.07) is 11.6. The zero-order valence-electron chi connectivity index (χ0n) is 25.0. The number of carbonyl (C=O) groups excluding carboxylic acids is 1. The van der Waals surface area contributed by atoms with E-state index < -0.39 is 6.09 Å². The number of anilines is 1. The number of aromatic nitrogens is 1. The van der Waals surface area contributed by atoms with Crippen molar-refractivity contribution in [3.8, 4) is 17.0 Å². The molecular formula is C34H54N2O3. The Morgan fingerprint density at radius 2 is 1.28 bits per heavy atom. The summed E-state index contributed by atoms with van der Waals surface area (Å²) >= 11 is 0. The smallest absolute Gasteiger partial charge is 0.411 e. The molecule has 2 aromatic rings. The number of benzene rings is 1. The van der Waals surface area contributed by atoms with Gasteiger partial charge in [0.2, 0.25) is 0 Å². The Morgan fingerprint density at radius 1 is 0.744 bits per heavy atom. The van der Waals surface area contributed by atoms with Crippen LogP contribution in [0.1, 0.15) is 130 Å². The molecule has 0 saturated carbocycles. The lowest BCUT2D eigenvalue weighted by Crippen LogP contribution is -2.19. The second-order valence-corrected chi connectivity index (χ2v) is 10.9. The van der Waals surface area contributed by atoms with Gasteiger partial charge in [-0.15, -0.1) is 0 Å². The molecule has 5 heteroatoms. The van der Waals surface area contributed by atoms with Gasteiger partial charge in [0, 0.05) is 11.3 Å². The normalized spacial score (nSPS) is 11.8. The molecule has 0 radical (unpaired) electrons. The molecule has 0 aliphatic rings. The first-order valence-corrected chi connectivity index (χ1v) is 15.8. The van der Waals surface area contributed by atoms with Crippen LogP contribution in [-0.2, 0) is 4.74 Å². The second kappa shape index (κ2) is 21.3. The molecule has 39 heavy (non-hydrogen) atoms. The van der Waals surface area contributed by atoms with Gasteiger partial charge in [-0.25, -0.2) is 4.79 Å². The highest BCUT2D eigenvalue weighted by molar-refractivity contribution is 5.85. The van der Waals surface area contributed by atoms with E-state index in [9.17, 15) is 4.79 Å². The molecule has 0 bridgehead atoms. The molecule has 0 aliphatic carbocycles. The molecule has 1 aromatic carbocycles. The molecule has 1 heterocycles. The number of ether oxygens (including phenoxy) is 2. The van der Waals surface area contributed by atoms with Crippen molar-refractivity contribution in [3.05, 3.63) is 42.6 Å². The molecular weight excluding hydrogens is 484 g/mol. The highest BCUT2D eigenvalue weighted by atomic mass is 16.6. The molecule has 0 saturated heterocycles. The SMILES string of the molecule is CCCCCCCCCCCCCCCCCCOc1ccc(-c2ccc(NC(=O)OC(C)CC)cc2)nc1. The molecule has 0 fully saturated rings. The van der Waals surface area contributed by atoms with E-state index in [4.69, 9.17) is 9.47 Å². The van der Waals surface area contributed by atoms with Crippen LogP contribution in [0.3, 0.4) is 0 Å². The Bertz CT molecular complexity index is 867. The summed E-state index contributed by atoms with van der Waals surface area (Å²) in [5.74, 6) is 0.811. The first-order chi connectivity index (χ1) is 19.1. The maximum atomic E-state index is 11.9. The van der Waals surface area contributed by atoms with Gasteiger partial charge in [-0.3, -0.25) is 10.3 Å². The Kier molecular flexibility index (Phi) is 17.8. The minimum Gasteiger partial charge on any atom is -0.492 e. The maximum Gasteiger partial charge on any atom is 0.411 e. The molecule has 1 aromatic heterocycles. The summed E-state index contributed by atoms with van der Waals surface area (Å²) in [6.07, 6.45) is 24.0. The average Bonchev–Trinajstić information content (AvgIpc) is 2.95. The van der Waals surface area contributed by atoms with Crippen molar-refractivity contribution in [2.75, 3.05) is 11.9 Å². The molecule has 1 unspecified atom stereocenters. The lowest BCUT2D eigenvalue weighted by Gasteiger charge is -2.12. The largest absolute Gasteiger partial charge is 0.492 e. The van der Waals surface area contributed by atoms with Gasteiger partial charge < -0.3 is 9.47 Å². The van der Waals surface area contributed by atoms with Gasteiger partial charge in [0.15, 0.2) is 0 Å². The van der Waals surface area contributed by atoms with Gasteiger partial charge in [-0.1, -0.05) is 122 Å². The number of pyridine rings is 1. The number of hydrogen-bond acceptors (Lipinski definition) is 4. The lowest BCUT2D eigenvalue weighted by atomic mass is 10.0. The third kappa shape index (κ3) is 15.6. The highest BCUT2D eigenvalue weighted by Crippen LogP contribution is 2.22. The number of nitrogens with zero attached hydrogens (tertiary/aromatic N) is 1. The van der Waals surface area contributed by atoms with Gasteiger partial charge in [-0.05, 0) is 44.0 Å². The van der Waals surface area contributed by atoms with E-state index in [0.717, 1.165) is 36.5 Å². The number of unbranched alkanes of at least 4 members (excludes halogenated alkanes) is 15. The third-order valence-corrected chi connectivity index (χ3v) is 7.31. The first-order valence-electron chi connectivity index (χ1n) is 15.8. The Morgan fingerprint density at radius 3 is 1.77 bits per heavy atom. The van der Waals surface area contributed by atoms with E-state index >= 15 is 0 Å². The molecule has 1 N–H and O–H groups in total. The number of rotatable bonds is 22. The van der Waals surface area contributed by atoms with E-state index in [2.05, 4.69) is 17.2 Å². The zero-order chi connectivity index (χ0) is 28.0. The van der Waals surface area contributed by atoms with Crippen molar-refractivity contribution in [2.24, 2.45) is 0 Å². The molecule has 5 nitrogen and oxygen atoms in total. The van der Waals surface area contributed by atoms with E-state index in [1.54, 1.807) is 6.20 Å². The van der Waals surface area contributed by atoms with Crippen LogP contribution in [0.25, 0.3) is 11.3 Å². The molecule has 0 aliphatic heterocycles. The number of amides is 1. The van der Waals surface area contributed by atoms with E-state index in [1.807, 2.05) is 50.2 Å². The van der Waals surface area contributed by atoms with Gasteiger partial charge >= 0.3 is 6.09 Å². The molecule has 218 valence electrons. The Hall–Kier alpha value is -2.56. The van der Waals surface area contributed by atoms with Crippen LogP contribution in [0.2, 0.25) is 0 Å². The second-order valence-electron chi connectivity index (χ2n) is 10.9. The number of hydrogen-bond donors (Lipinski definition) is 1. The van der Waals surface area contributed by atoms with Crippen LogP contribution in [0.15, 0.2) is 42.6 Å². The third-order valence-electron chi connectivity index (χ3n) is 7.31. The van der Waals surface area contributed by atoms with Crippen LogP contribution >= 0.6 is 0 Å². The topological polar surface area (TPSA) is 60.5 Å². The fraction of sp³-hybridized carbons (Fsp3) is 0.647. The zero-order valence-corrected chi connectivity index (χ0v) is 25.0. The van der Waals surface area contributed by atoms with E-state index in [-0.39, 0.29) is 6.10 Å². The van der Waals surface area contributed by atoms with Crippen LogP contribution in [-0.4, -0.2) is 23.8 Å². The van der Waals surface area contributed by atoms with E-state index in [0.29, 0.717) is 5.69 Å². The number of nitrogens with one attached hydrogen (secondary N) is 1. The van der Waals surface area contributed by atoms with Crippen LogP contribution in [0.5, 0.6) is 5.75 Å². The lowest BCUT2D eigenvalue weighted by molar-refractivity contribution is 0.118. The minimum atomic E-state index is -0.430. The highest BCUT2D eigenvalue weighted by Gasteiger charge is 2.08. The standard InChI is InChI=1S/C34H54N2O3/c1-4-6-7-8-9-10-11-12-13-14-15-16-17-18-19-20-27-38-32-25-26-33(35-28-32)30-21-23-31(24-22-30)36-34(37)39-29(3)5-2/h21-26,28-29H,4-20,27H2,1-3H3,(H,36,37).